The Bertz CT molecular complexity index is 544. The molecule has 0 radical (unpaired) electrons. The van der Waals surface area contributed by atoms with Crippen LogP contribution in [0, 0.1) is 16.0 Å². The maximum Gasteiger partial charge on any atom is 0.271 e. The minimum atomic E-state index is -0.608. The Morgan fingerprint density at radius 2 is 2.11 bits per heavy atom. The van der Waals surface area contributed by atoms with Gasteiger partial charge in [0.1, 0.15) is 0 Å². The molecule has 0 aliphatic heterocycles. The van der Waals surface area contributed by atoms with E-state index in [1.165, 1.54) is 0 Å². The molecule has 102 valence electrons. The van der Waals surface area contributed by atoms with Gasteiger partial charge >= 0.3 is 0 Å². The second kappa shape index (κ2) is 5.35. The summed E-state index contributed by atoms with van der Waals surface area (Å²) < 4.78 is 0. The van der Waals surface area contributed by atoms with E-state index in [2.05, 4.69) is 5.32 Å². The van der Waals surface area contributed by atoms with Crippen molar-refractivity contribution in [3.63, 3.8) is 0 Å². The molecule has 1 aromatic rings. The van der Waals surface area contributed by atoms with Gasteiger partial charge in [-0.05, 0) is 25.7 Å². The summed E-state index contributed by atoms with van der Waals surface area (Å²) in [5.74, 6) is 0.0481. The molecule has 1 fully saturated rings. The first kappa shape index (κ1) is 14.1. The van der Waals surface area contributed by atoms with Gasteiger partial charge in [0.2, 0.25) is 0 Å². The van der Waals surface area contributed by atoms with Crippen LogP contribution in [-0.2, 0) is 0 Å². The van der Waals surface area contributed by atoms with Crippen LogP contribution in [0.4, 0.5) is 5.69 Å². The topological polar surface area (TPSA) is 72.2 Å². The molecule has 1 N–H and O–H groups in total. The Labute approximate surface area is 120 Å². The standard InChI is InChI=1S/C12H12Cl2N2O3/c1-6(7-2-3-7)15-12(17)9-4-8(16(18)19)5-10(13)11(9)14/h4-7H,2-3H2,1H3,(H,15,17). The van der Waals surface area contributed by atoms with Crippen LogP contribution in [0.2, 0.25) is 10.0 Å². The van der Waals surface area contributed by atoms with Crippen LogP contribution in [0.5, 0.6) is 0 Å². The molecule has 19 heavy (non-hydrogen) atoms. The molecule has 1 saturated carbocycles. The van der Waals surface area contributed by atoms with Crippen molar-refractivity contribution in [2.24, 2.45) is 5.92 Å². The lowest BCUT2D eigenvalue weighted by Crippen LogP contribution is -2.34. The van der Waals surface area contributed by atoms with E-state index in [-0.39, 0.29) is 27.3 Å². The van der Waals surface area contributed by atoms with Crippen molar-refractivity contribution in [1.29, 1.82) is 0 Å². The van der Waals surface area contributed by atoms with Gasteiger partial charge in [-0.3, -0.25) is 14.9 Å². The zero-order valence-corrected chi connectivity index (χ0v) is 11.7. The van der Waals surface area contributed by atoms with E-state index in [4.69, 9.17) is 23.2 Å². The summed E-state index contributed by atoms with van der Waals surface area (Å²) in [4.78, 5) is 22.2. The Hall–Kier alpha value is -1.33. The number of nitro groups is 1. The molecule has 0 saturated heterocycles. The number of nitrogens with one attached hydrogen (secondary N) is 1. The number of hydrogen-bond acceptors (Lipinski definition) is 3. The van der Waals surface area contributed by atoms with E-state index in [9.17, 15) is 14.9 Å². The highest BCUT2D eigenvalue weighted by Gasteiger charge is 2.30. The molecule has 0 spiro atoms. The lowest BCUT2D eigenvalue weighted by Gasteiger charge is -2.13. The van der Waals surface area contributed by atoms with Gasteiger partial charge in [-0.1, -0.05) is 23.2 Å². The second-order valence-electron chi connectivity index (χ2n) is 4.65. The number of hydrogen-bond donors (Lipinski definition) is 1. The minimum Gasteiger partial charge on any atom is -0.349 e. The van der Waals surface area contributed by atoms with Gasteiger partial charge in [-0.2, -0.15) is 0 Å². The number of benzene rings is 1. The normalized spacial score (nSPS) is 15.9. The average Bonchev–Trinajstić information content (AvgIpc) is 3.15. The number of rotatable bonds is 4. The summed E-state index contributed by atoms with van der Waals surface area (Å²) in [5, 5.41) is 13.6. The Balaban J connectivity index is 2.26. The minimum absolute atomic E-state index is 0.0000849. The smallest absolute Gasteiger partial charge is 0.271 e. The fraction of sp³-hybridized carbons (Fsp3) is 0.417. The average molecular weight is 303 g/mol. The molecular formula is C12H12Cl2N2O3. The molecule has 5 nitrogen and oxygen atoms in total. The number of carbonyl (C=O) groups is 1. The lowest BCUT2D eigenvalue weighted by atomic mass is 10.1. The summed E-state index contributed by atoms with van der Waals surface area (Å²) in [6.07, 6.45) is 2.18. The van der Waals surface area contributed by atoms with Gasteiger partial charge in [0, 0.05) is 18.2 Å². The summed E-state index contributed by atoms with van der Waals surface area (Å²) in [6.45, 7) is 1.91. The highest BCUT2D eigenvalue weighted by molar-refractivity contribution is 6.44. The molecule has 1 unspecified atom stereocenters. The van der Waals surface area contributed by atoms with E-state index in [1.54, 1.807) is 0 Å². The molecule has 7 heteroatoms. The Kier molecular flexibility index (Phi) is 3.96. The highest BCUT2D eigenvalue weighted by Crippen LogP contribution is 2.34. The third-order valence-corrected chi connectivity index (χ3v) is 3.96. The van der Waals surface area contributed by atoms with Crippen molar-refractivity contribution >= 4 is 34.8 Å². The van der Waals surface area contributed by atoms with E-state index in [0.29, 0.717) is 5.92 Å². The molecule has 1 aliphatic rings. The second-order valence-corrected chi connectivity index (χ2v) is 5.43. The van der Waals surface area contributed by atoms with Crippen molar-refractivity contribution in [3.8, 4) is 0 Å². The predicted molar refractivity (Wildman–Crippen MR) is 72.8 cm³/mol. The fourth-order valence-corrected chi connectivity index (χ4v) is 2.25. The highest BCUT2D eigenvalue weighted by atomic mass is 35.5. The first-order valence-corrected chi connectivity index (χ1v) is 6.60. The quantitative estimate of drug-likeness (QED) is 0.684. The van der Waals surface area contributed by atoms with Crippen molar-refractivity contribution in [2.45, 2.75) is 25.8 Å². The molecule has 1 atom stereocenters. The van der Waals surface area contributed by atoms with Crippen molar-refractivity contribution in [2.75, 3.05) is 0 Å². The van der Waals surface area contributed by atoms with Crippen LogP contribution < -0.4 is 5.32 Å². The maximum absolute atomic E-state index is 12.1. The lowest BCUT2D eigenvalue weighted by molar-refractivity contribution is -0.384. The molecule has 0 heterocycles. The summed E-state index contributed by atoms with van der Waals surface area (Å²) >= 11 is 11.7. The van der Waals surface area contributed by atoms with Crippen LogP contribution in [0.3, 0.4) is 0 Å². The third kappa shape index (κ3) is 3.16. The third-order valence-electron chi connectivity index (χ3n) is 3.16. The number of halogens is 2. The molecular weight excluding hydrogens is 291 g/mol. The molecule has 0 bridgehead atoms. The first-order chi connectivity index (χ1) is 8.90. The van der Waals surface area contributed by atoms with Crippen LogP contribution in [0.15, 0.2) is 12.1 Å². The van der Waals surface area contributed by atoms with Gasteiger partial charge in [-0.15, -0.1) is 0 Å². The van der Waals surface area contributed by atoms with E-state index < -0.39 is 10.8 Å². The van der Waals surface area contributed by atoms with Crippen LogP contribution in [-0.4, -0.2) is 16.9 Å². The van der Waals surface area contributed by atoms with E-state index in [1.807, 2.05) is 6.92 Å². The molecule has 1 aromatic carbocycles. The predicted octanol–water partition coefficient (Wildman–Crippen LogP) is 3.43. The van der Waals surface area contributed by atoms with Crippen LogP contribution in [0.25, 0.3) is 0 Å². The number of non-ortho nitro benzene ring substituents is 1. The summed E-state index contributed by atoms with van der Waals surface area (Å²) in [6, 6.07) is 2.30. The van der Waals surface area contributed by atoms with Crippen LogP contribution >= 0.6 is 23.2 Å². The van der Waals surface area contributed by atoms with Crippen molar-refractivity contribution < 1.29 is 9.72 Å². The molecule has 1 aliphatic carbocycles. The molecule has 2 rings (SSSR count). The van der Waals surface area contributed by atoms with E-state index >= 15 is 0 Å². The molecule has 1 amide bonds. The summed E-state index contributed by atoms with van der Waals surface area (Å²) in [5.41, 5.74) is -0.216. The van der Waals surface area contributed by atoms with Gasteiger partial charge < -0.3 is 5.32 Å². The van der Waals surface area contributed by atoms with Gasteiger partial charge in [0.15, 0.2) is 0 Å². The largest absolute Gasteiger partial charge is 0.349 e. The monoisotopic (exact) mass is 302 g/mol. The van der Waals surface area contributed by atoms with Crippen molar-refractivity contribution in [1.82, 2.24) is 5.32 Å². The number of amides is 1. The number of nitrogens with zero attached hydrogens (tertiary/aromatic N) is 1. The first-order valence-electron chi connectivity index (χ1n) is 5.84. The zero-order chi connectivity index (χ0) is 14.2. The number of nitro benzene ring substituents is 1. The van der Waals surface area contributed by atoms with Gasteiger partial charge in [0.05, 0.1) is 20.5 Å². The van der Waals surface area contributed by atoms with Crippen LogP contribution in [0.1, 0.15) is 30.1 Å². The van der Waals surface area contributed by atoms with Crippen molar-refractivity contribution in [3.05, 3.63) is 37.9 Å². The van der Waals surface area contributed by atoms with Gasteiger partial charge in [0.25, 0.3) is 11.6 Å². The Morgan fingerprint density at radius 3 is 2.63 bits per heavy atom. The summed E-state index contributed by atoms with van der Waals surface area (Å²) in [7, 11) is 0. The SMILES string of the molecule is CC(NC(=O)c1cc([N+](=O)[O-])cc(Cl)c1Cl)C1CC1. The molecule has 0 aromatic heterocycles. The fourth-order valence-electron chi connectivity index (χ4n) is 1.84. The van der Waals surface area contributed by atoms with E-state index in [0.717, 1.165) is 25.0 Å². The maximum atomic E-state index is 12.1. The number of carbonyl (C=O) groups excluding carboxylic acids is 1. The zero-order valence-electron chi connectivity index (χ0n) is 10.2. The Morgan fingerprint density at radius 1 is 1.47 bits per heavy atom. The van der Waals surface area contributed by atoms with Gasteiger partial charge in [-0.25, -0.2) is 0 Å².